The number of sulfone groups is 1. The minimum Gasteiger partial charge on any atom is -0.462 e. The molecule has 1 aromatic rings. The molecule has 0 amide bonds. The summed E-state index contributed by atoms with van der Waals surface area (Å²) in [7, 11) is -3.46. The van der Waals surface area contributed by atoms with Crippen molar-refractivity contribution in [3.63, 3.8) is 0 Å². The Morgan fingerprint density at radius 2 is 1.89 bits per heavy atom. The molecule has 0 saturated carbocycles. The van der Waals surface area contributed by atoms with E-state index in [1.165, 1.54) is 31.2 Å². The smallest absolute Gasteiger partial charge is 0.302 e. The molecule has 0 radical (unpaired) electrons. The van der Waals surface area contributed by atoms with Gasteiger partial charge in [-0.05, 0) is 24.3 Å². The number of ketones is 1. The van der Waals surface area contributed by atoms with Crippen LogP contribution in [0.25, 0.3) is 0 Å². The fraction of sp³-hybridized carbons (Fsp3) is 0.231. The first-order chi connectivity index (χ1) is 8.82. The number of hydrogen-bond acceptors (Lipinski definition) is 5. The highest BCUT2D eigenvalue weighted by Crippen LogP contribution is 2.16. The van der Waals surface area contributed by atoms with Crippen LogP contribution in [0.5, 0.6) is 0 Å². The van der Waals surface area contributed by atoms with Crippen LogP contribution in [0.4, 0.5) is 0 Å². The lowest BCUT2D eigenvalue weighted by Crippen LogP contribution is -2.06. The van der Waals surface area contributed by atoms with Crippen molar-refractivity contribution in [2.45, 2.75) is 11.8 Å². The van der Waals surface area contributed by atoms with E-state index in [1.54, 1.807) is 12.1 Å². The van der Waals surface area contributed by atoms with Gasteiger partial charge in [0.2, 0.25) is 0 Å². The molecule has 102 valence electrons. The van der Waals surface area contributed by atoms with Crippen LogP contribution in [0.15, 0.2) is 41.3 Å². The summed E-state index contributed by atoms with van der Waals surface area (Å²) in [5.41, 5.74) is 0.101. The molecule has 0 fully saturated rings. The van der Waals surface area contributed by atoms with Crippen molar-refractivity contribution < 1.29 is 22.7 Å². The van der Waals surface area contributed by atoms with Gasteiger partial charge in [-0.25, -0.2) is 8.42 Å². The summed E-state index contributed by atoms with van der Waals surface area (Å²) >= 11 is 0. The molecule has 0 aromatic heterocycles. The molecular formula is C13H14O5S. The third-order valence-corrected chi connectivity index (χ3v) is 3.36. The largest absolute Gasteiger partial charge is 0.462 e. The second kappa shape index (κ2) is 6.29. The SMILES string of the molecule is CC(=O)OCC=CC(=O)c1ccccc1S(C)(=O)=O. The standard InChI is InChI=1S/C13H14O5S/c1-10(14)18-9-5-7-12(15)11-6-3-4-8-13(11)19(2,16)17/h3-8H,9H2,1-2H3. The maximum atomic E-state index is 11.9. The Bertz CT molecular complexity index is 614. The second-order valence-electron chi connectivity index (χ2n) is 3.84. The van der Waals surface area contributed by atoms with E-state index >= 15 is 0 Å². The molecule has 0 atom stereocenters. The average Bonchev–Trinajstić information content (AvgIpc) is 2.33. The summed E-state index contributed by atoms with van der Waals surface area (Å²) in [6.07, 6.45) is 3.59. The Balaban J connectivity index is 2.92. The van der Waals surface area contributed by atoms with E-state index in [-0.39, 0.29) is 17.1 Å². The minimum atomic E-state index is -3.46. The molecule has 0 aliphatic carbocycles. The molecule has 0 spiro atoms. The Morgan fingerprint density at radius 3 is 2.47 bits per heavy atom. The predicted molar refractivity (Wildman–Crippen MR) is 69.7 cm³/mol. The normalized spacial score (nSPS) is 11.5. The van der Waals surface area contributed by atoms with E-state index in [4.69, 9.17) is 0 Å². The molecule has 1 aromatic carbocycles. The Morgan fingerprint density at radius 1 is 1.26 bits per heavy atom. The molecule has 0 unspecified atom stereocenters. The van der Waals surface area contributed by atoms with Gasteiger partial charge in [-0.3, -0.25) is 9.59 Å². The van der Waals surface area contributed by atoms with E-state index in [0.717, 1.165) is 6.26 Å². The van der Waals surface area contributed by atoms with E-state index in [9.17, 15) is 18.0 Å². The average molecular weight is 282 g/mol. The van der Waals surface area contributed by atoms with Gasteiger partial charge in [0, 0.05) is 18.7 Å². The zero-order valence-electron chi connectivity index (χ0n) is 10.6. The van der Waals surface area contributed by atoms with Gasteiger partial charge in [-0.2, -0.15) is 0 Å². The zero-order chi connectivity index (χ0) is 14.5. The predicted octanol–water partition coefficient (Wildman–Crippen LogP) is 1.39. The fourth-order valence-corrected chi connectivity index (χ4v) is 2.30. The summed E-state index contributed by atoms with van der Waals surface area (Å²) < 4.78 is 27.7. The number of ether oxygens (including phenoxy) is 1. The molecule has 0 N–H and O–H groups in total. The molecule has 19 heavy (non-hydrogen) atoms. The Kier molecular flexibility index (Phi) is 5.00. The van der Waals surface area contributed by atoms with E-state index in [1.807, 2.05) is 0 Å². The molecular weight excluding hydrogens is 268 g/mol. The number of rotatable bonds is 5. The third kappa shape index (κ3) is 4.67. The monoisotopic (exact) mass is 282 g/mol. The highest BCUT2D eigenvalue weighted by atomic mass is 32.2. The molecule has 6 heteroatoms. The van der Waals surface area contributed by atoms with Crippen LogP contribution in [0, 0.1) is 0 Å². The number of carbonyl (C=O) groups excluding carboxylic acids is 2. The van der Waals surface area contributed by atoms with Gasteiger partial charge in [0.1, 0.15) is 6.61 Å². The van der Waals surface area contributed by atoms with E-state index in [0.29, 0.717) is 0 Å². The highest BCUT2D eigenvalue weighted by Gasteiger charge is 2.16. The fourth-order valence-electron chi connectivity index (χ4n) is 1.40. The van der Waals surface area contributed by atoms with Crippen LogP contribution < -0.4 is 0 Å². The maximum absolute atomic E-state index is 11.9. The second-order valence-corrected chi connectivity index (χ2v) is 5.82. The van der Waals surface area contributed by atoms with E-state index < -0.39 is 21.6 Å². The van der Waals surface area contributed by atoms with Crippen molar-refractivity contribution >= 4 is 21.6 Å². The summed E-state index contributed by atoms with van der Waals surface area (Å²) in [6.45, 7) is 1.23. The van der Waals surface area contributed by atoms with E-state index in [2.05, 4.69) is 4.74 Å². The number of hydrogen-bond donors (Lipinski definition) is 0. The lowest BCUT2D eigenvalue weighted by molar-refractivity contribution is -0.139. The molecule has 0 heterocycles. The van der Waals surface area contributed by atoms with Gasteiger partial charge in [-0.15, -0.1) is 0 Å². The lowest BCUT2D eigenvalue weighted by Gasteiger charge is -2.04. The van der Waals surface area contributed by atoms with Gasteiger partial charge >= 0.3 is 5.97 Å². The Hall–Kier alpha value is -1.95. The Labute approximate surface area is 111 Å². The summed E-state index contributed by atoms with van der Waals surface area (Å²) in [4.78, 5) is 22.4. The van der Waals surface area contributed by atoms with Crippen LogP contribution in [0.3, 0.4) is 0 Å². The van der Waals surface area contributed by atoms with Gasteiger partial charge in [0.15, 0.2) is 15.6 Å². The quantitative estimate of drug-likeness (QED) is 0.463. The molecule has 0 bridgehead atoms. The zero-order valence-corrected chi connectivity index (χ0v) is 11.4. The topological polar surface area (TPSA) is 77.5 Å². The highest BCUT2D eigenvalue weighted by molar-refractivity contribution is 7.90. The number of benzene rings is 1. The first-order valence-electron chi connectivity index (χ1n) is 5.45. The van der Waals surface area contributed by atoms with Crippen molar-refractivity contribution in [2.24, 2.45) is 0 Å². The summed E-state index contributed by atoms with van der Waals surface area (Å²) in [5, 5.41) is 0. The van der Waals surface area contributed by atoms with Crippen molar-refractivity contribution in [1.82, 2.24) is 0 Å². The molecule has 5 nitrogen and oxygen atoms in total. The van der Waals surface area contributed by atoms with Gasteiger partial charge in [0.25, 0.3) is 0 Å². The number of esters is 1. The van der Waals surface area contributed by atoms with Crippen molar-refractivity contribution in [3.05, 3.63) is 42.0 Å². The summed E-state index contributed by atoms with van der Waals surface area (Å²) in [6, 6.07) is 5.95. The van der Waals surface area contributed by atoms with Crippen LogP contribution in [0.2, 0.25) is 0 Å². The first kappa shape index (κ1) is 15.1. The van der Waals surface area contributed by atoms with Crippen LogP contribution in [-0.4, -0.2) is 33.0 Å². The molecule has 0 aliphatic rings. The van der Waals surface area contributed by atoms with Crippen LogP contribution in [-0.2, 0) is 19.4 Å². The maximum Gasteiger partial charge on any atom is 0.302 e. The molecule has 1 rings (SSSR count). The first-order valence-corrected chi connectivity index (χ1v) is 7.35. The van der Waals surface area contributed by atoms with Crippen molar-refractivity contribution in [2.75, 3.05) is 12.9 Å². The van der Waals surface area contributed by atoms with Crippen molar-refractivity contribution in [3.8, 4) is 0 Å². The van der Waals surface area contributed by atoms with Gasteiger partial charge in [0.05, 0.1) is 4.90 Å². The molecule has 0 aliphatic heterocycles. The van der Waals surface area contributed by atoms with Crippen LogP contribution >= 0.6 is 0 Å². The lowest BCUT2D eigenvalue weighted by atomic mass is 10.1. The van der Waals surface area contributed by atoms with Crippen LogP contribution in [0.1, 0.15) is 17.3 Å². The third-order valence-electron chi connectivity index (χ3n) is 2.20. The van der Waals surface area contributed by atoms with Crippen molar-refractivity contribution in [1.29, 1.82) is 0 Å². The minimum absolute atomic E-state index is 0.0165. The van der Waals surface area contributed by atoms with Gasteiger partial charge in [-0.1, -0.05) is 12.1 Å². The summed E-state index contributed by atoms with van der Waals surface area (Å²) in [5.74, 6) is -0.901. The number of carbonyl (C=O) groups is 2. The number of allylic oxidation sites excluding steroid dienone is 1. The molecule has 0 saturated heterocycles. The van der Waals surface area contributed by atoms with Gasteiger partial charge < -0.3 is 4.74 Å².